The molecule has 0 aromatic heterocycles. The highest BCUT2D eigenvalue weighted by Crippen LogP contribution is 2.21. The summed E-state index contributed by atoms with van der Waals surface area (Å²) >= 11 is 0. The standard InChI is InChI=1S/C16H19NO/c1-13-8-10-14(11-9-13)16(12-17-2)18-15-6-4-3-5-7-15/h3-11,16-17H,12H2,1-2H3. The molecule has 2 nitrogen and oxygen atoms in total. The average Bonchev–Trinajstić information content (AvgIpc) is 2.40. The third-order valence-electron chi connectivity index (χ3n) is 2.86. The molecule has 0 fully saturated rings. The molecule has 2 heteroatoms. The van der Waals surface area contributed by atoms with Gasteiger partial charge in [-0.25, -0.2) is 0 Å². The lowest BCUT2D eigenvalue weighted by atomic mass is 10.1. The molecular weight excluding hydrogens is 222 g/mol. The first-order valence-corrected chi connectivity index (χ1v) is 6.22. The second-order valence-electron chi connectivity index (χ2n) is 4.39. The van der Waals surface area contributed by atoms with Gasteiger partial charge in [0, 0.05) is 6.54 Å². The molecule has 0 aliphatic rings. The minimum atomic E-state index is 0.0398. The molecule has 0 saturated heterocycles. The van der Waals surface area contributed by atoms with Crippen LogP contribution in [0, 0.1) is 6.92 Å². The summed E-state index contributed by atoms with van der Waals surface area (Å²) in [4.78, 5) is 0. The van der Waals surface area contributed by atoms with Crippen molar-refractivity contribution < 1.29 is 4.74 Å². The molecule has 0 aliphatic carbocycles. The lowest BCUT2D eigenvalue weighted by molar-refractivity contribution is 0.205. The van der Waals surface area contributed by atoms with Gasteiger partial charge in [0.05, 0.1) is 0 Å². The highest BCUT2D eigenvalue weighted by Gasteiger charge is 2.11. The molecule has 0 saturated carbocycles. The number of ether oxygens (including phenoxy) is 1. The lowest BCUT2D eigenvalue weighted by Crippen LogP contribution is -2.21. The van der Waals surface area contributed by atoms with Crippen LogP contribution in [0.5, 0.6) is 5.75 Å². The van der Waals surface area contributed by atoms with Crippen LogP contribution in [0.1, 0.15) is 17.2 Å². The monoisotopic (exact) mass is 241 g/mol. The van der Waals surface area contributed by atoms with E-state index >= 15 is 0 Å². The van der Waals surface area contributed by atoms with Crippen molar-refractivity contribution in [3.63, 3.8) is 0 Å². The van der Waals surface area contributed by atoms with E-state index < -0.39 is 0 Å². The fourth-order valence-corrected chi connectivity index (χ4v) is 1.86. The molecule has 0 radical (unpaired) electrons. The minimum absolute atomic E-state index is 0.0398. The predicted octanol–water partition coefficient (Wildman–Crippen LogP) is 3.33. The summed E-state index contributed by atoms with van der Waals surface area (Å²) in [6.45, 7) is 2.88. The molecule has 0 amide bonds. The Morgan fingerprint density at radius 1 is 1.00 bits per heavy atom. The van der Waals surface area contributed by atoms with Gasteiger partial charge in [-0.3, -0.25) is 0 Å². The van der Waals surface area contributed by atoms with Crippen LogP contribution in [0.2, 0.25) is 0 Å². The molecule has 1 atom stereocenters. The lowest BCUT2D eigenvalue weighted by Gasteiger charge is -2.19. The molecule has 1 unspecified atom stereocenters. The highest BCUT2D eigenvalue weighted by molar-refractivity contribution is 5.26. The Labute approximate surface area is 109 Å². The van der Waals surface area contributed by atoms with Gasteiger partial charge in [-0.05, 0) is 31.7 Å². The van der Waals surface area contributed by atoms with Crippen molar-refractivity contribution >= 4 is 0 Å². The molecule has 1 N–H and O–H groups in total. The van der Waals surface area contributed by atoms with Crippen LogP contribution in [0.4, 0.5) is 0 Å². The van der Waals surface area contributed by atoms with Crippen molar-refractivity contribution in [2.24, 2.45) is 0 Å². The summed E-state index contributed by atoms with van der Waals surface area (Å²) < 4.78 is 6.02. The first-order valence-electron chi connectivity index (χ1n) is 6.22. The van der Waals surface area contributed by atoms with E-state index in [4.69, 9.17) is 4.74 Å². The van der Waals surface area contributed by atoms with Gasteiger partial charge in [0.1, 0.15) is 11.9 Å². The van der Waals surface area contributed by atoms with Crippen LogP contribution in [-0.4, -0.2) is 13.6 Å². The number of hydrogen-bond acceptors (Lipinski definition) is 2. The molecule has 2 aromatic rings. The van der Waals surface area contributed by atoms with Crippen LogP contribution in [-0.2, 0) is 0 Å². The van der Waals surface area contributed by atoms with Gasteiger partial charge in [-0.2, -0.15) is 0 Å². The smallest absolute Gasteiger partial charge is 0.136 e. The first kappa shape index (κ1) is 12.7. The number of para-hydroxylation sites is 1. The van der Waals surface area contributed by atoms with Gasteiger partial charge in [-0.1, -0.05) is 48.0 Å². The summed E-state index contributed by atoms with van der Waals surface area (Å²) in [5, 5.41) is 3.18. The van der Waals surface area contributed by atoms with Crippen LogP contribution >= 0.6 is 0 Å². The largest absolute Gasteiger partial charge is 0.484 e. The molecule has 94 valence electrons. The van der Waals surface area contributed by atoms with Crippen molar-refractivity contribution in [2.75, 3.05) is 13.6 Å². The van der Waals surface area contributed by atoms with E-state index in [1.54, 1.807) is 0 Å². The van der Waals surface area contributed by atoms with E-state index in [2.05, 4.69) is 36.5 Å². The second-order valence-corrected chi connectivity index (χ2v) is 4.39. The first-order chi connectivity index (χ1) is 8.79. The Morgan fingerprint density at radius 3 is 2.28 bits per heavy atom. The van der Waals surface area contributed by atoms with Gasteiger partial charge < -0.3 is 10.1 Å². The van der Waals surface area contributed by atoms with Gasteiger partial charge in [0.15, 0.2) is 0 Å². The van der Waals surface area contributed by atoms with Crippen LogP contribution in [0.3, 0.4) is 0 Å². The Balaban J connectivity index is 2.15. The number of hydrogen-bond donors (Lipinski definition) is 1. The van der Waals surface area contributed by atoms with E-state index in [0.29, 0.717) is 0 Å². The topological polar surface area (TPSA) is 21.3 Å². The zero-order valence-corrected chi connectivity index (χ0v) is 10.9. The molecular formula is C16H19NO. The molecule has 2 aromatic carbocycles. The summed E-state index contributed by atoms with van der Waals surface area (Å²) in [5.41, 5.74) is 2.46. The van der Waals surface area contributed by atoms with Crippen molar-refractivity contribution in [1.82, 2.24) is 5.32 Å². The maximum Gasteiger partial charge on any atom is 0.136 e. The van der Waals surface area contributed by atoms with Gasteiger partial charge in [0.2, 0.25) is 0 Å². The highest BCUT2D eigenvalue weighted by atomic mass is 16.5. The quantitative estimate of drug-likeness (QED) is 0.867. The van der Waals surface area contributed by atoms with Gasteiger partial charge in [-0.15, -0.1) is 0 Å². The molecule has 0 bridgehead atoms. The van der Waals surface area contributed by atoms with Crippen LogP contribution < -0.4 is 10.1 Å². The Morgan fingerprint density at radius 2 is 1.67 bits per heavy atom. The SMILES string of the molecule is CNCC(Oc1ccccc1)c1ccc(C)cc1. The Hall–Kier alpha value is -1.80. The number of aryl methyl sites for hydroxylation is 1. The Bertz CT molecular complexity index is 464. The molecule has 2 rings (SSSR count). The minimum Gasteiger partial charge on any atom is -0.484 e. The summed E-state index contributed by atoms with van der Waals surface area (Å²) in [7, 11) is 1.94. The molecule has 0 spiro atoms. The zero-order chi connectivity index (χ0) is 12.8. The zero-order valence-electron chi connectivity index (χ0n) is 10.9. The fourth-order valence-electron chi connectivity index (χ4n) is 1.86. The maximum absolute atomic E-state index is 6.02. The number of likely N-dealkylation sites (N-methyl/N-ethyl adjacent to an activating group) is 1. The average molecular weight is 241 g/mol. The normalized spacial score (nSPS) is 12.1. The van der Waals surface area contributed by atoms with Crippen LogP contribution in [0.15, 0.2) is 54.6 Å². The maximum atomic E-state index is 6.02. The molecule has 0 heterocycles. The summed E-state index contributed by atoms with van der Waals surface area (Å²) in [5.74, 6) is 0.901. The van der Waals surface area contributed by atoms with E-state index in [-0.39, 0.29) is 6.10 Å². The van der Waals surface area contributed by atoms with Crippen molar-refractivity contribution in [3.8, 4) is 5.75 Å². The third-order valence-corrected chi connectivity index (χ3v) is 2.86. The number of rotatable bonds is 5. The summed E-state index contributed by atoms with van der Waals surface area (Å²) in [6, 6.07) is 18.4. The van der Waals surface area contributed by atoms with Gasteiger partial charge >= 0.3 is 0 Å². The summed E-state index contributed by atoms with van der Waals surface area (Å²) in [6.07, 6.45) is 0.0398. The van der Waals surface area contributed by atoms with Crippen molar-refractivity contribution in [1.29, 1.82) is 0 Å². The molecule has 0 aliphatic heterocycles. The van der Waals surface area contributed by atoms with Crippen LogP contribution in [0.25, 0.3) is 0 Å². The predicted molar refractivity (Wildman–Crippen MR) is 74.9 cm³/mol. The number of benzene rings is 2. The number of nitrogens with one attached hydrogen (secondary N) is 1. The van der Waals surface area contributed by atoms with E-state index in [9.17, 15) is 0 Å². The second kappa shape index (κ2) is 6.22. The Kier molecular flexibility index (Phi) is 4.37. The van der Waals surface area contributed by atoms with Gasteiger partial charge in [0.25, 0.3) is 0 Å². The van der Waals surface area contributed by atoms with E-state index in [1.807, 2.05) is 37.4 Å². The van der Waals surface area contributed by atoms with Crippen molar-refractivity contribution in [3.05, 3.63) is 65.7 Å². The van der Waals surface area contributed by atoms with Crippen molar-refractivity contribution in [2.45, 2.75) is 13.0 Å². The third kappa shape index (κ3) is 3.34. The van der Waals surface area contributed by atoms with E-state index in [0.717, 1.165) is 12.3 Å². The van der Waals surface area contributed by atoms with E-state index in [1.165, 1.54) is 11.1 Å². The molecule has 18 heavy (non-hydrogen) atoms. The fraction of sp³-hybridized carbons (Fsp3) is 0.250.